The van der Waals surface area contributed by atoms with Gasteiger partial charge in [-0.15, -0.1) is 0 Å². The van der Waals surface area contributed by atoms with Crippen LogP contribution in [-0.2, 0) is 0 Å². The van der Waals surface area contributed by atoms with E-state index in [4.69, 9.17) is 9.47 Å². The van der Waals surface area contributed by atoms with E-state index in [2.05, 4.69) is 60.6 Å². The van der Waals surface area contributed by atoms with Gasteiger partial charge in [-0.1, -0.05) is 47.6 Å². The van der Waals surface area contributed by atoms with Crippen LogP contribution in [0.15, 0.2) is 18.2 Å². The van der Waals surface area contributed by atoms with Crippen LogP contribution in [0.5, 0.6) is 11.5 Å². The Morgan fingerprint density at radius 1 is 0.905 bits per heavy atom. The summed E-state index contributed by atoms with van der Waals surface area (Å²) in [6.45, 7) is 16.3. The molecule has 0 bridgehead atoms. The molecule has 0 saturated carbocycles. The van der Waals surface area contributed by atoms with Crippen LogP contribution in [0.2, 0.25) is 16.6 Å². The average Bonchev–Trinajstić information content (AvgIpc) is 2.38. The zero-order valence-electron chi connectivity index (χ0n) is 15.0. The number of hydrogen-bond acceptors (Lipinski definition) is 2. The third kappa shape index (κ3) is 3.82. The highest BCUT2D eigenvalue weighted by Gasteiger charge is 2.43. The second-order valence-electron chi connectivity index (χ2n) is 7.02. The lowest BCUT2D eigenvalue weighted by Crippen LogP contribution is -2.50. The molecule has 0 radical (unpaired) electrons. The van der Waals surface area contributed by atoms with Crippen LogP contribution in [-0.4, -0.2) is 21.4 Å². The van der Waals surface area contributed by atoms with Crippen molar-refractivity contribution in [3.05, 3.63) is 23.8 Å². The predicted octanol–water partition coefficient (Wildman–Crippen LogP) is 5.60. The van der Waals surface area contributed by atoms with E-state index in [0.29, 0.717) is 16.6 Å². The molecule has 0 spiro atoms. The largest absolute Gasteiger partial charge is 0.493 e. The molecule has 0 aliphatic carbocycles. The van der Waals surface area contributed by atoms with Gasteiger partial charge in [0.15, 0.2) is 11.5 Å². The smallest absolute Gasteiger partial charge is 0.160 e. The quantitative estimate of drug-likeness (QED) is 0.610. The summed E-state index contributed by atoms with van der Waals surface area (Å²) in [6, 6.07) is 6.14. The van der Waals surface area contributed by atoms with Crippen LogP contribution >= 0.6 is 0 Å². The Morgan fingerprint density at radius 3 is 1.86 bits per heavy atom. The van der Waals surface area contributed by atoms with Gasteiger partial charge in [-0.05, 0) is 41.2 Å². The minimum Gasteiger partial charge on any atom is -0.493 e. The van der Waals surface area contributed by atoms with Gasteiger partial charge in [0.25, 0.3) is 0 Å². The fourth-order valence-electron chi connectivity index (χ4n) is 3.60. The summed E-state index contributed by atoms with van der Waals surface area (Å²) in [7, 11) is 0.163. The van der Waals surface area contributed by atoms with Crippen LogP contribution < -0.4 is 9.47 Å². The monoisotopic (exact) mass is 308 g/mol. The van der Waals surface area contributed by atoms with Crippen molar-refractivity contribution in [1.29, 1.82) is 0 Å². The van der Waals surface area contributed by atoms with Gasteiger partial charge in [-0.25, -0.2) is 0 Å². The molecule has 120 valence electrons. The van der Waals surface area contributed by atoms with Gasteiger partial charge in [-0.3, -0.25) is 0 Å². The Labute approximate surface area is 131 Å². The van der Waals surface area contributed by atoms with Crippen LogP contribution in [0.25, 0.3) is 0 Å². The SMILES string of the molecule is COc1ccc(C)cc1OC[Si](C(C)C)(C(C)C)C(C)C. The highest BCUT2D eigenvalue weighted by atomic mass is 28.3. The summed E-state index contributed by atoms with van der Waals surface area (Å²) >= 11 is 0. The van der Waals surface area contributed by atoms with Crippen molar-refractivity contribution >= 4 is 8.07 Å². The molecule has 0 saturated heterocycles. The predicted molar refractivity (Wildman–Crippen MR) is 94.3 cm³/mol. The van der Waals surface area contributed by atoms with E-state index in [-0.39, 0.29) is 0 Å². The Balaban J connectivity index is 3.05. The Morgan fingerprint density at radius 2 is 1.43 bits per heavy atom. The van der Waals surface area contributed by atoms with E-state index < -0.39 is 8.07 Å². The third-order valence-electron chi connectivity index (χ3n) is 5.02. The number of aryl methyl sites for hydroxylation is 1. The number of rotatable bonds is 7. The van der Waals surface area contributed by atoms with Crippen LogP contribution in [0.4, 0.5) is 0 Å². The normalized spacial score (nSPS) is 12.3. The molecular weight excluding hydrogens is 276 g/mol. The fourth-order valence-corrected chi connectivity index (χ4v) is 9.00. The number of benzene rings is 1. The molecule has 1 aromatic rings. The van der Waals surface area contributed by atoms with Crippen LogP contribution in [0, 0.1) is 6.92 Å². The first kappa shape index (κ1) is 18.1. The topological polar surface area (TPSA) is 18.5 Å². The minimum absolute atomic E-state index is 0.702. The molecule has 0 aromatic heterocycles. The van der Waals surface area contributed by atoms with Crippen molar-refractivity contribution in [2.45, 2.75) is 65.1 Å². The zero-order valence-corrected chi connectivity index (χ0v) is 16.0. The summed E-state index contributed by atoms with van der Waals surface area (Å²) in [5.41, 5.74) is 3.31. The van der Waals surface area contributed by atoms with E-state index >= 15 is 0 Å². The summed E-state index contributed by atoms with van der Waals surface area (Å²) in [5, 5.41) is 0. The van der Waals surface area contributed by atoms with E-state index in [9.17, 15) is 0 Å². The van der Waals surface area contributed by atoms with E-state index in [0.717, 1.165) is 17.7 Å². The molecule has 0 amide bonds. The highest BCUT2D eigenvalue weighted by Crippen LogP contribution is 2.42. The van der Waals surface area contributed by atoms with Crippen molar-refractivity contribution in [3.63, 3.8) is 0 Å². The first-order valence-electron chi connectivity index (χ1n) is 8.03. The highest BCUT2D eigenvalue weighted by molar-refractivity contribution is 6.83. The van der Waals surface area contributed by atoms with Gasteiger partial charge < -0.3 is 9.47 Å². The van der Waals surface area contributed by atoms with Gasteiger partial charge in [0.05, 0.1) is 13.3 Å². The van der Waals surface area contributed by atoms with Gasteiger partial charge >= 0.3 is 0 Å². The summed E-state index contributed by atoms with van der Waals surface area (Å²) < 4.78 is 11.7. The second-order valence-corrected chi connectivity index (χ2v) is 13.0. The van der Waals surface area contributed by atoms with Gasteiger partial charge in [0.1, 0.15) is 8.07 Å². The summed E-state index contributed by atoms with van der Waals surface area (Å²) in [4.78, 5) is 0. The zero-order chi connectivity index (χ0) is 16.2. The van der Waals surface area contributed by atoms with E-state index in [1.54, 1.807) is 7.11 Å². The molecule has 1 aromatic carbocycles. The van der Waals surface area contributed by atoms with Crippen molar-refractivity contribution < 1.29 is 9.47 Å². The second kappa shape index (κ2) is 7.35. The molecule has 0 heterocycles. The van der Waals surface area contributed by atoms with Gasteiger partial charge in [-0.2, -0.15) is 0 Å². The molecule has 0 aliphatic heterocycles. The molecule has 2 nitrogen and oxygen atoms in total. The lowest BCUT2D eigenvalue weighted by molar-refractivity contribution is 0.329. The van der Waals surface area contributed by atoms with Gasteiger partial charge in [0, 0.05) is 0 Å². The van der Waals surface area contributed by atoms with Crippen molar-refractivity contribution in [1.82, 2.24) is 0 Å². The average molecular weight is 309 g/mol. The molecule has 0 aliphatic rings. The number of ether oxygens (including phenoxy) is 2. The maximum atomic E-state index is 6.30. The van der Waals surface area contributed by atoms with Crippen molar-refractivity contribution in [2.75, 3.05) is 13.3 Å². The van der Waals surface area contributed by atoms with E-state index in [1.165, 1.54) is 5.56 Å². The third-order valence-corrected chi connectivity index (χ3v) is 12.1. The Kier molecular flexibility index (Phi) is 6.33. The first-order chi connectivity index (χ1) is 9.75. The van der Waals surface area contributed by atoms with Crippen molar-refractivity contribution in [3.8, 4) is 11.5 Å². The standard InChI is InChI=1S/C18H32O2Si/c1-13(2)21(14(3)4,15(5)6)12-20-18-11-16(7)9-10-17(18)19-8/h9-11,13-15H,12H2,1-8H3. The van der Waals surface area contributed by atoms with Crippen molar-refractivity contribution in [2.24, 2.45) is 0 Å². The Bertz CT molecular complexity index is 431. The maximum Gasteiger partial charge on any atom is 0.160 e. The minimum atomic E-state index is -1.54. The lowest BCUT2D eigenvalue weighted by atomic mass is 10.2. The molecule has 1 rings (SSSR count). The molecule has 0 fully saturated rings. The maximum absolute atomic E-state index is 6.30. The van der Waals surface area contributed by atoms with Crippen LogP contribution in [0.3, 0.4) is 0 Å². The van der Waals surface area contributed by atoms with Gasteiger partial charge in [0.2, 0.25) is 0 Å². The first-order valence-corrected chi connectivity index (χ1v) is 10.5. The molecule has 3 heteroatoms. The fraction of sp³-hybridized carbons (Fsp3) is 0.667. The molecule has 0 unspecified atom stereocenters. The molecule has 0 N–H and O–H groups in total. The molecule has 21 heavy (non-hydrogen) atoms. The lowest BCUT2D eigenvalue weighted by Gasteiger charge is -2.42. The number of hydrogen-bond donors (Lipinski definition) is 0. The summed E-state index contributed by atoms with van der Waals surface area (Å²) in [5.74, 6) is 1.72. The van der Waals surface area contributed by atoms with Crippen LogP contribution in [0.1, 0.15) is 47.1 Å². The summed E-state index contributed by atoms with van der Waals surface area (Å²) in [6.07, 6.45) is 0.861. The Hall–Kier alpha value is -0.963. The molecular formula is C18H32O2Si. The number of methoxy groups -OCH3 is 1. The van der Waals surface area contributed by atoms with E-state index in [1.807, 2.05) is 6.07 Å². The molecule has 0 atom stereocenters.